The number of carbonyl (C=O) groups is 1. The minimum absolute atomic E-state index is 0.183. The lowest BCUT2D eigenvalue weighted by Gasteiger charge is -2.14. The van der Waals surface area contributed by atoms with Gasteiger partial charge in [0.15, 0.2) is 0 Å². The van der Waals surface area contributed by atoms with Crippen LogP contribution in [0.25, 0.3) is 11.1 Å². The van der Waals surface area contributed by atoms with E-state index in [1.165, 1.54) is 12.1 Å². The summed E-state index contributed by atoms with van der Waals surface area (Å²) in [4.78, 5) is 11.4. The summed E-state index contributed by atoms with van der Waals surface area (Å²) in [7, 11) is 0. The molecule has 98 valence electrons. The van der Waals surface area contributed by atoms with Gasteiger partial charge in [0.05, 0.1) is 11.1 Å². The molecule has 2 aromatic rings. The maximum Gasteiger partial charge on any atom is 0.417 e. The number of amides is 1. The topological polar surface area (TPSA) is 43.1 Å². The Labute approximate surface area is 107 Å². The molecule has 0 aromatic heterocycles. The zero-order valence-electron chi connectivity index (χ0n) is 9.74. The third-order valence-electron chi connectivity index (χ3n) is 2.70. The molecule has 0 aliphatic carbocycles. The Morgan fingerprint density at radius 1 is 0.947 bits per heavy atom. The van der Waals surface area contributed by atoms with Gasteiger partial charge in [-0.15, -0.1) is 0 Å². The number of hydrogen-bond donors (Lipinski definition) is 1. The van der Waals surface area contributed by atoms with Crippen molar-refractivity contribution in [2.24, 2.45) is 5.73 Å². The lowest BCUT2D eigenvalue weighted by molar-refractivity contribution is -0.137. The maximum atomic E-state index is 12.9. The lowest BCUT2D eigenvalue weighted by atomic mass is 9.94. The smallest absolute Gasteiger partial charge is 0.366 e. The van der Waals surface area contributed by atoms with Crippen LogP contribution in [0.1, 0.15) is 15.9 Å². The van der Waals surface area contributed by atoms with E-state index in [2.05, 4.69) is 0 Å². The molecule has 0 saturated heterocycles. The van der Waals surface area contributed by atoms with E-state index in [1.54, 1.807) is 30.3 Å². The molecule has 0 aliphatic rings. The summed E-state index contributed by atoms with van der Waals surface area (Å²) in [6.45, 7) is 0. The highest BCUT2D eigenvalue weighted by Gasteiger charge is 2.35. The largest absolute Gasteiger partial charge is 0.417 e. The Morgan fingerprint density at radius 2 is 1.58 bits per heavy atom. The van der Waals surface area contributed by atoms with Crippen molar-refractivity contribution < 1.29 is 18.0 Å². The van der Waals surface area contributed by atoms with Crippen LogP contribution in [-0.2, 0) is 6.18 Å². The molecule has 0 atom stereocenters. The number of carbonyl (C=O) groups excluding carboxylic acids is 1. The summed E-state index contributed by atoms with van der Waals surface area (Å²) < 4.78 is 38.7. The highest BCUT2D eigenvalue weighted by Crippen LogP contribution is 2.36. The van der Waals surface area contributed by atoms with Crippen LogP contribution in [0, 0.1) is 0 Å². The van der Waals surface area contributed by atoms with E-state index in [0.29, 0.717) is 5.56 Å². The summed E-state index contributed by atoms with van der Waals surface area (Å²) in [6, 6.07) is 11.9. The fourth-order valence-electron chi connectivity index (χ4n) is 1.91. The van der Waals surface area contributed by atoms with Gasteiger partial charge in [0.25, 0.3) is 0 Å². The van der Waals surface area contributed by atoms with Gasteiger partial charge < -0.3 is 5.73 Å². The number of benzene rings is 2. The fraction of sp³-hybridized carbons (Fsp3) is 0.0714. The zero-order chi connectivity index (χ0) is 14.0. The number of nitrogens with two attached hydrogens (primary N) is 1. The quantitative estimate of drug-likeness (QED) is 0.887. The molecular formula is C14H10F3NO. The highest BCUT2D eigenvalue weighted by atomic mass is 19.4. The van der Waals surface area contributed by atoms with Crippen molar-refractivity contribution in [2.45, 2.75) is 6.18 Å². The first-order valence-corrected chi connectivity index (χ1v) is 5.46. The van der Waals surface area contributed by atoms with Crippen LogP contribution in [-0.4, -0.2) is 5.91 Å². The summed E-state index contributed by atoms with van der Waals surface area (Å²) >= 11 is 0. The molecule has 0 unspecified atom stereocenters. The number of rotatable bonds is 2. The zero-order valence-corrected chi connectivity index (χ0v) is 9.74. The van der Waals surface area contributed by atoms with E-state index in [9.17, 15) is 18.0 Å². The van der Waals surface area contributed by atoms with Crippen LogP contribution in [0.3, 0.4) is 0 Å². The summed E-state index contributed by atoms with van der Waals surface area (Å²) in [5.41, 5.74) is 4.30. The predicted molar refractivity (Wildman–Crippen MR) is 65.4 cm³/mol. The Bertz CT molecular complexity index is 606. The number of halogens is 3. The van der Waals surface area contributed by atoms with Crippen LogP contribution in [0.4, 0.5) is 13.2 Å². The molecule has 0 bridgehead atoms. The van der Waals surface area contributed by atoms with Crippen LogP contribution in [0.15, 0.2) is 48.5 Å². The van der Waals surface area contributed by atoms with E-state index in [1.807, 2.05) is 0 Å². The van der Waals surface area contributed by atoms with Gasteiger partial charge in [-0.25, -0.2) is 0 Å². The highest BCUT2D eigenvalue weighted by molar-refractivity contribution is 6.01. The third kappa shape index (κ3) is 2.59. The second-order valence-electron chi connectivity index (χ2n) is 3.96. The molecule has 5 heteroatoms. The maximum absolute atomic E-state index is 12.9. The second-order valence-corrected chi connectivity index (χ2v) is 3.96. The SMILES string of the molecule is NC(=O)c1c(-c2ccccc2)cccc1C(F)(F)F. The Morgan fingerprint density at radius 3 is 2.11 bits per heavy atom. The summed E-state index contributed by atoms with van der Waals surface area (Å²) in [6.07, 6.45) is -4.62. The molecule has 0 spiro atoms. The van der Waals surface area contributed by atoms with Gasteiger partial charge in [0, 0.05) is 0 Å². The number of hydrogen-bond acceptors (Lipinski definition) is 1. The average Bonchev–Trinajstić information content (AvgIpc) is 2.37. The molecule has 2 N–H and O–H groups in total. The summed E-state index contributed by atoms with van der Waals surface area (Å²) in [5.74, 6) is -1.09. The minimum atomic E-state index is -4.62. The van der Waals surface area contributed by atoms with Gasteiger partial charge in [0.2, 0.25) is 5.91 Å². The third-order valence-corrected chi connectivity index (χ3v) is 2.70. The van der Waals surface area contributed by atoms with Crippen LogP contribution >= 0.6 is 0 Å². The molecule has 19 heavy (non-hydrogen) atoms. The van der Waals surface area contributed by atoms with Gasteiger partial charge >= 0.3 is 6.18 Å². The van der Waals surface area contributed by atoms with E-state index >= 15 is 0 Å². The van der Waals surface area contributed by atoms with Gasteiger partial charge in [-0.3, -0.25) is 4.79 Å². The van der Waals surface area contributed by atoms with Crippen molar-refractivity contribution in [3.63, 3.8) is 0 Å². The van der Waals surface area contributed by atoms with E-state index in [4.69, 9.17) is 5.73 Å². The van der Waals surface area contributed by atoms with Crippen molar-refractivity contribution in [2.75, 3.05) is 0 Å². The predicted octanol–water partition coefficient (Wildman–Crippen LogP) is 3.47. The van der Waals surface area contributed by atoms with Gasteiger partial charge in [-0.1, -0.05) is 42.5 Å². The van der Waals surface area contributed by atoms with Crippen molar-refractivity contribution in [3.05, 3.63) is 59.7 Å². The van der Waals surface area contributed by atoms with E-state index in [0.717, 1.165) is 6.07 Å². The fourth-order valence-corrected chi connectivity index (χ4v) is 1.91. The molecule has 2 nitrogen and oxygen atoms in total. The van der Waals surface area contributed by atoms with Crippen LogP contribution in [0.5, 0.6) is 0 Å². The first-order chi connectivity index (χ1) is 8.91. The van der Waals surface area contributed by atoms with Gasteiger partial charge in [-0.2, -0.15) is 13.2 Å². The van der Waals surface area contributed by atoms with Crippen LogP contribution in [0.2, 0.25) is 0 Å². The lowest BCUT2D eigenvalue weighted by Crippen LogP contribution is -2.20. The molecule has 2 rings (SSSR count). The Hall–Kier alpha value is -2.30. The Kier molecular flexibility index (Phi) is 3.29. The van der Waals surface area contributed by atoms with E-state index in [-0.39, 0.29) is 5.56 Å². The van der Waals surface area contributed by atoms with E-state index < -0.39 is 23.2 Å². The van der Waals surface area contributed by atoms with Crippen molar-refractivity contribution in [1.82, 2.24) is 0 Å². The first kappa shape index (κ1) is 13.1. The van der Waals surface area contributed by atoms with Crippen molar-refractivity contribution in [1.29, 1.82) is 0 Å². The molecule has 0 fully saturated rings. The molecule has 0 aliphatic heterocycles. The molecular weight excluding hydrogens is 255 g/mol. The number of alkyl halides is 3. The first-order valence-electron chi connectivity index (χ1n) is 5.46. The van der Waals surface area contributed by atoms with Crippen LogP contribution < -0.4 is 5.73 Å². The monoisotopic (exact) mass is 265 g/mol. The standard InChI is InChI=1S/C14H10F3NO/c15-14(16,17)11-8-4-7-10(12(11)13(18)19)9-5-2-1-3-6-9/h1-8H,(H2,18,19). The molecule has 2 aromatic carbocycles. The Balaban J connectivity index is 2.73. The van der Waals surface area contributed by atoms with Crippen molar-refractivity contribution in [3.8, 4) is 11.1 Å². The average molecular weight is 265 g/mol. The minimum Gasteiger partial charge on any atom is -0.366 e. The second kappa shape index (κ2) is 4.76. The van der Waals surface area contributed by atoms with Gasteiger partial charge in [-0.05, 0) is 17.2 Å². The normalized spacial score (nSPS) is 11.3. The number of primary amides is 1. The molecule has 0 radical (unpaired) electrons. The molecule has 1 amide bonds. The van der Waals surface area contributed by atoms with Gasteiger partial charge in [0.1, 0.15) is 0 Å². The molecule has 0 heterocycles. The molecule has 0 saturated carbocycles. The van der Waals surface area contributed by atoms with Crippen molar-refractivity contribution >= 4 is 5.91 Å². The summed E-state index contributed by atoms with van der Waals surface area (Å²) in [5, 5.41) is 0.